The maximum absolute atomic E-state index is 11.2. The molecule has 1 aliphatic rings. The quantitative estimate of drug-likeness (QED) is 0.805. The highest BCUT2D eigenvalue weighted by Crippen LogP contribution is 2.26. The van der Waals surface area contributed by atoms with Crippen molar-refractivity contribution in [2.45, 2.75) is 32.1 Å². The van der Waals surface area contributed by atoms with E-state index in [2.05, 4.69) is 9.97 Å². The molecule has 0 bridgehead atoms. The number of aromatic amines is 1. The molecule has 0 atom stereocenters. The van der Waals surface area contributed by atoms with E-state index in [1.54, 1.807) is 0 Å². The lowest BCUT2D eigenvalue weighted by atomic mass is 10.0. The zero-order valence-electron chi connectivity index (χ0n) is 8.90. The van der Waals surface area contributed by atoms with Gasteiger partial charge in [0.25, 0.3) is 5.56 Å². The third kappa shape index (κ3) is 2.48. The van der Waals surface area contributed by atoms with Crippen molar-refractivity contribution in [1.29, 1.82) is 0 Å². The van der Waals surface area contributed by atoms with Gasteiger partial charge in [-0.1, -0.05) is 25.7 Å². The largest absolute Gasteiger partial charge is 0.477 e. The summed E-state index contributed by atoms with van der Waals surface area (Å²) < 4.78 is 0. The van der Waals surface area contributed by atoms with Crippen LogP contribution in [0.5, 0.6) is 0 Å². The van der Waals surface area contributed by atoms with Crippen LogP contribution in [0.1, 0.15) is 42.0 Å². The highest BCUT2D eigenvalue weighted by atomic mass is 16.4. The van der Waals surface area contributed by atoms with Gasteiger partial charge in [0.05, 0.1) is 0 Å². The van der Waals surface area contributed by atoms with Crippen molar-refractivity contribution in [2.24, 2.45) is 5.92 Å². The lowest BCUT2D eigenvalue weighted by Gasteiger charge is -2.07. The fourth-order valence-corrected chi connectivity index (χ4v) is 2.20. The molecule has 1 aliphatic carbocycles. The lowest BCUT2D eigenvalue weighted by Crippen LogP contribution is -2.17. The van der Waals surface area contributed by atoms with Gasteiger partial charge in [0.15, 0.2) is 5.69 Å². The zero-order valence-corrected chi connectivity index (χ0v) is 8.90. The predicted octanol–water partition coefficient (Wildman–Crippen LogP) is 1.20. The molecule has 0 aromatic carbocycles. The van der Waals surface area contributed by atoms with E-state index >= 15 is 0 Å². The molecule has 86 valence electrons. The third-order valence-electron chi connectivity index (χ3n) is 2.97. The van der Waals surface area contributed by atoms with E-state index in [9.17, 15) is 9.59 Å². The monoisotopic (exact) mass is 222 g/mol. The fraction of sp³-hybridized carbons (Fsp3) is 0.545. The van der Waals surface area contributed by atoms with E-state index in [1.165, 1.54) is 12.8 Å². The Morgan fingerprint density at radius 1 is 1.50 bits per heavy atom. The van der Waals surface area contributed by atoms with Gasteiger partial charge in [0.2, 0.25) is 0 Å². The minimum Gasteiger partial charge on any atom is -0.477 e. The summed E-state index contributed by atoms with van der Waals surface area (Å²) in [5, 5.41) is 8.78. The molecule has 0 saturated heterocycles. The van der Waals surface area contributed by atoms with Crippen molar-refractivity contribution in [3.8, 4) is 0 Å². The van der Waals surface area contributed by atoms with E-state index in [0.29, 0.717) is 18.2 Å². The van der Waals surface area contributed by atoms with E-state index in [4.69, 9.17) is 5.11 Å². The molecule has 16 heavy (non-hydrogen) atoms. The Kier molecular flexibility index (Phi) is 3.03. The van der Waals surface area contributed by atoms with Crippen molar-refractivity contribution in [2.75, 3.05) is 0 Å². The van der Waals surface area contributed by atoms with Gasteiger partial charge < -0.3 is 10.1 Å². The third-order valence-corrected chi connectivity index (χ3v) is 2.97. The van der Waals surface area contributed by atoms with Gasteiger partial charge in [-0.25, -0.2) is 9.78 Å². The van der Waals surface area contributed by atoms with Gasteiger partial charge in [0, 0.05) is 12.5 Å². The van der Waals surface area contributed by atoms with Crippen LogP contribution in [0.2, 0.25) is 0 Å². The first-order valence-electron chi connectivity index (χ1n) is 5.48. The summed E-state index contributed by atoms with van der Waals surface area (Å²) in [5.74, 6) is -0.122. The molecular weight excluding hydrogens is 208 g/mol. The molecule has 1 aromatic heterocycles. The first-order valence-corrected chi connectivity index (χ1v) is 5.48. The van der Waals surface area contributed by atoms with Gasteiger partial charge in [-0.3, -0.25) is 4.79 Å². The summed E-state index contributed by atoms with van der Waals surface area (Å²) in [7, 11) is 0. The Balaban J connectivity index is 2.19. The summed E-state index contributed by atoms with van der Waals surface area (Å²) >= 11 is 0. The number of aromatic carboxylic acids is 1. The van der Waals surface area contributed by atoms with E-state index in [0.717, 1.165) is 18.9 Å². The van der Waals surface area contributed by atoms with Gasteiger partial charge in [-0.05, 0) is 5.92 Å². The van der Waals surface area contributed by atoms with E-state index < -0.39 is 5.97 Å². The number of hydrogen-bond acceptors (Lipinski definition) is 3. The van der Waals surface area contributed by atoms with Crippen molar-refractivity contribution in [1.82, 2.24) is 9.97 Å². The molecule has 5 heteroatoms. The second-order valence-corrected chi connectivity index (χ2v) is 4.24. The van der Waals surface area contributed by atoms with Gasteiger partial charge in [-0.2, -0.15) is 0 Å². The molecule has 0 spiro atoms. The highest BCUT2D eigenvalue weighted by molar-refractivity contribution is 5.85. The summed E-state index contributed by atoms with van der Waals surface area (Å²) in [6.07, 6.45) is 5.39. The molecule has 0 unspecified atom stereocenters. The Morgan fingerprint density at radius 2 is 2.19 bits per heavy atom. The van der Waals surface area contributed by atoms with Crippen LogP contribution >= 0.6 is 0 Å². The first-order chi connectivity index (χ1) is 7.65. The molecule has 5 nitrogen and oxygen atoms in total. The molecular formula is C11H14N2O3. The molecule has 1 fully saturated rings. The SMILES string of the molecule is O=C(O)c1cc(=O)[nH]c(CC2CCCC2)n1. The number of carboxylic acids is 1. The van der Waals surface area contributed by atoms with Crippen LogP contribution in [0.25, 0.3) is 0 Å². The van der Waals surface area contributed by atoms with Gasteiger partial charge in [-0.15, -0.1) is 0 Å². The number of aromatic nitrogens is 2. The number of rotatable bonds is 3. The summed E-state index contributed by atoms with van der Waals surface area (Å²) in [4.78, 5) is 28.5. The van der Waals surface area contributed by atoms with Crippen LogP contribution in [0.4, 0.5) is 0 Å². The Bertz CT molecular complexity index is 447. The Labute approximate surface area is 92.5 Å². The fourth-order valence-electron chi connectivity index (χ4n) is 2.20. The summed E-state index contributed by atoms with van der Waals surface area (Å²) in [5.41, 5.74) is -0.558. The van der Waals surface area contributed by atoms with E-state index in [1.807, 2.05) is 0 Å². The normalized spacial score (nSPS) is 16.5. The molecule has 1 aromatic rings. The highest BCUT2D eigenvalue weighted by Gasteiger charge is 2.17. The number of hydrogen-bond donors (Lipinski definition) is 2. The van der Waals surface area contributed by atoms with Crippen LogP contribution < -0.4 is 5.56 Å². The second-order valence-electron chi connectivity index (χ2n) is 4.24. The Morgan fingerprint density at radius 3 is 2.81 bits per heavy atom. The van der Waals surface area contributed by atoms with Crippen LogP contribution in [0.15, 0.2) is 10.9 Å². The second kappa shape index (κ2) is 4.47. The molecule has 2 rings (SSSR count). The lowest BCUT2D eigenvalue weighted by molar-refractivity contribution is 0.0689. The molecule has 1 heterocycles. The van der Waals surface area contributed by atoms with E-state index in [-0.39, 0.29) is 11.3 Å². The molecule has 0 radical (unpaired) electrons. The Hall–Kier alpha value is -1.65. The van der Waals surface area contributed by atoms with Crippen LogP contribution in [-0.2, 0) is 6.42 Å². The zero-order chi connectivity index (χ0) is 11.5. The maximum Gasteiger partial charge on any atom is 0.354 e. The summed E-state index contributed by atoms with van der Waals surface area (Å²) in [6, 6.07) is 1.01. The van der Waals surface area contributed by atoms with Crippen LogP contribution in [0.3, 0.4) is 0 Å². The average molecular weight is 222 g/mol. The van der Waals surface area contributed by atoms with Gasteiger partial charge >= 0.3 is 5.97 Å². The standard InChI is InChI=1S/C11H14N2O3/c14-10-6-8(11(15)16)12-9(13-10)5-7-3-1-2-4-7/h6-7H,1-5H2,(H,15,16)(H,12,13,14). The first kappa shape index (κ1) is 10.9. The molecule has 1 saturated carbocycles. The van der Waals surface area contributed by atoms with Crippen LogP contribution in [0, 0.1) is 5.92 Å². The smallest absolute Gasteiger partial charge is 0.354 e. The number of carboxylic acid groups (broad SMARTS) is 1. The minimum absolute atomic E-state index is 0.170. The molecule has 0 aliphatic heterocycles. The topological polar surface area (TPSA) is 83.0 Å². The van der Waals surface area contributed by atoms with Crippen molar-refractivity contribution in [3.05, 3.63) is 27.9 Å². The van der Waals surface area contributed by atoms with Crippen molar-refractivity contribution in [3.63, 3.8) is 0 Å². The van der Waals surface area contributed by atoms with Crippen LogP contribution in [-0.4, -0.2) is 21.0 Å². The summed E-state index contributed by atoms with van der Waals surface area (Å²) in [6.45, 7) is 0. The average Bonchev–Trinajstić information content (AvgIpc) is 2.69. The predicted molar refractivity (Wildman–Crippen MR) is 57.5 cm³/mol. The number of H-pyrrole nitrogens is 1. The molecule has 2 N–H and O–H groups in total. The van der Waals surface area contributed by atoms with Crippen molar-refractivity contribution >= 4 is 5.97 Å². The number of nitrogens with zero attached hydrogens (tertiary/aromatic N) is 1. The van der Waals surface area contributed by atoms with Crippen molar-refractivity contribution < 1.29 is 9.90 Å². The number of carbonyl (C=O) groups is 1. The minimum atomic E-state index is -1.15. The maximum atomic E-state index is 11.2. The molecule has 0 amide bonds. The number of nitrogens with one attached hydrogen (secondary N) is 1. The van der Waals surface area contributed by atoms with Gasteiger partial charge in [0.1, 0.15) is 5.82 Å².